The molecule has 4 rings (SSSR count). The van der Waals surface area contributed by atoms with Crippen molar-refractivity contribution in [2.75, 3.05) is 7.11 Å². The van der Waals surface area contributed by atoms with Gasteiger partial charge in [0.25, 0.3) is 0 Å². The number of hydrogen-bond acceptors (Lipinski definition) is 2. The SMILES string of the molecule is COC(=O)c1cccc2c(-c3ccccc3)c(C)c(-c3ccccc3)c(C)c12. The predicted octanol–water partition coefficient (Wildman–Crippen LogP) is 6.58. The van der Waals surface area contributed by atoms with Crippen LogP contribution in [0.4, 0.5) is 0 Å². The quantitative estimate of drug-likeness (QED) is 0.383. The minimum atomic E-state index is -0.310. The molecule has 2 nitrogen and oxygen atoms in total. The van der Waals surface area contributed by atoms with E-state index in [1.54, 1.807) is 0 Å². The number of rotatable bonds is 3. The predicted molar refractivity (Wildman–Crippen MR) is 116 cm³/mol. The van der Waals surface area contributed by atoms with Crippen molar-refractivity contribution in [1.29, 1.82) is 0 Å². The summed E-state index contributed by atoms with van der Waals surface area (Å²) in [5.41, 5.74) is 7.53. The van der Waals surface area contributed by atoms with Gasteiger partial charge in [-0.2, -0.15) is 0 Å². The van der Waals surface area contributed by atoms with Crippen molar-refractivity contribution in [1.82, 2.24) is 0 Å². The van der Waals surface area contributed by atoms with Crippen molar-refractivity contribution in [2.24, 2.45) is 0 Å². The molecular formula is C26H22O2. The maximum Gasteiger partial charge on any atom is 0.338 e. The fraction of sp³-hybridized carbons (Fsp3) is 0.115. The zero-order chi connectivity index (χ0) is 19.7. The molecule has 28 heavy (non-hydrogen) atoms. The summed E-state index contributed by atoms with van der Waals surface area (Å²) in [7, 11) is 1.43. The largest absolute Gasteiger partial charge is 0.465 e. The minimum absolute atomic E-state index is 0.310. The van der Waals surface area contributed by atoms with E-state index in [1.807, 2.05) is 48.5 Å². The maximum atomic E-state index is 12.5. The van der Waals surface area contributed by atoms with Gasteiger partial charge in [-0.3, -0.25) is 0 Å². The fourth-order valence-electron chi connectivity index (χ4n) is 4.19. The molecule has 138 valence electrons. The molecular weight excluding hydrogens is 344 g/mol. The van der Waals surface area contributed by atoms with Crippen molar-refractivity contribution < 1.29 is 9.53 Å². The van der Waals surface area contributed by atoms with Crippen LogP contribution < -0.4 is 0 Å². The average Bonchev–Trinajstić information content (AvgIpc) is 2.74. The molecule has 2 heteroatoms. The second-order valence-electron chi connectivity index (χ2n) is 6.95. The van der Waals surface area contributed by atoms with Gasteiger partial charge < -0.3 is 4.74 Å². The third-order valence-electron chi connectivity index (χ3n) is 5.36. The van der Waals surface area contributed by atoms with Gasteiger partial charge in [0.05, 0.1) is 12.7 Å². The zero-order valence-corrected chi connectivity index (χ0v) is 16.3. The molecule has 0 aromatic heterocycles. The van der Waals surface area contributed by atoms with Gasteiger partial charge in [0.2, 0.25) is 0 Å². The van der Waals surface area contributed by atoms with Crippen molar-refractivity contribution in [3.05, 3.63) is 95.6 Å². The highest BCUT2D eigenvalue weighted by Gasteiger charge is 2.21. The molecule has 0 radical (unpaired) electrons. The number of carbonyl (C=O) groups is 1. The lowest BCUT2D eigenvalue weighted by Gasteiger charge is -2.21. The standard InChI is InChI=1S/C26H22O2/c1-17-23(19-11-6-4-7-12-19)18(2)25-21(15-10-16-22(25)26(27)28-3)24(17)20-13-8-5-9-14-20/h4-16H,1-3H3. The van der Waals surface area contributed by atoms with E-state index in [0.29, 0.717) is 5.56 Å². The van der Waals surface area contributed by atoms with Gasteiger partial charge >= 0.3 is 5.97 Å². The summed E-state index contributed by atoms with van der Waals surface area (Å²) >= 11 is 0. The first-order valence-electron chi connectivity index (χ1n) is 9.38. The van der Waals surface area contributed by atoms with Crippen molar-refractivity contribution in [3.63, 3.8) is 0 Å². The number of aryl methyl sites for hydroxylation is 1. The van der Waals surface area contributed by atoms with E-state index in [2.05, 4.69) is 44.2 Å². The zero-order valence-electron chi connectivity index (χ0n) is 16.3. The molecule has 4 aromatic rings. The summed E-state index contributed by atoms with van der Waals surface area (Å²) in [4.78, 5) is 12.5. The molecule has 0 N–H and O–H groups in total. The number of carbonyl (C=O) groups excluding carboxylic acids is 1. The van der Waals surface area contributed by atoms with Gasteiger partial charge in [-0.05, 0) is 58.7 Å². The highest BCUT2D eigenvalue weighted by Crippen LogP contribution is 2.42. The summed E-state index contributed by atoms with van der Waals surface area (Å²) in [5.74, 6) is -0.310. The lowest BCUT2D eigenvalue weighted by molar-refractivity contribution is 0.0603. The van der Waals surface area contributed by atoms with E-state index in [4.69, 9.17) is 4.74 Å². The Morgan fingerprint density at radius 2 is 1.25 bits per heavy atom. The van der Waals surface area contributed by atoms with E-state index in [1.165, 1.54) is 18.2 Å². The Bertz CT molecular complexity index is 1160. The highest BCUT2D eigenvalue weighted by atomic mass is 16.5. The third-order valence-corrected chi connectivity index (χ3v) is 5.36. The highest BCUT2D eigenvalue weighted by molar-refractivity contribution is 6.13. The average molecular weight is 366 g/mol. The molecule has 4 aromatic carbocycles. The summed E-state index contributed by atoms with van der Waals surface area (Å²) < 4.78 is 5.08. The molecule has 0 atom stereocenters. The van der Waals surface area contributed by atoms with Crippen LogP contribution in [0.5, 0.6) is 0 Å². The monoisotopic (exact) mass is 366 g/mol. The van der Waals surface area contributed by atoms with Crippen LogP contribution >= 0.6 is 0 Å². The molecule has 0 fully saturated rings. The number of hydrogen-bond donors (Lipinski definition) is 0. The van der Waals surface area contributed by atoms with Gasteiger partial charge in [0, 0.05) is 5.39 Å². The molecule has 0 saturated heterocycles. The smallest absolute Gasteiger partial charge is 0.338 e. The van der Waals surface area contributed by atoms with Crippen LogP contribution in [0, 0.1) is 13.8 Å². The van der Waals surface area contributed by atoms with Gasteiger partial charge in [-0.1, -0.05) is 72.8 Å². The lowest BCUT2D eigenvalue weighted by atomic mass is 9.83. The second kappa shape index (κ2) is 7.32. The molecule has 0 aliphatic rings. The first-order valence-corrected chi connectivity index (χ1v) is 9.38. The molecule has 0 spiro atoms. The third kappa shape index (κ3) is 2.87. The van der Waals surface area contributed by atoms with E-state index >= 15 is 0 Å². The van der Waals surface area contributed by atoms with E-state index < -0.39 is 0 Å². The number of methoxy groups -OCH3 is 1. The van der Waals surface area contributed by atoms with Gasteiger partial charge in [-0.15, -0.1) is 0 Å². The Hall–Kier alpha value is -3.39. The topological polar surface area (TPSA) is 26.3 Å². The first-order chi connectivity index (χ1) is 13.6. The van der Waals surface area contributed by atoms with E-state index in [0.717, 1.165) is 33.0 Å². The molecule has 0 bridgehead atoms. The molecule has 0 amide bonds. The van der Waals surface area contributed by atoms with Gasteiger partial charge in [0.1, 0.15) is 0 Å². The Kier molecular flexibility index (Phi) is 4.70. The summed E-state index contributed by atoms with van der Waals surface area (Å²) in [6.07, 6.45) is 0. The summed E-state index contributed by atoms with van der Waals surface area (Å²) in [5, 5.41) is 2.03. The Balaban J connectivity index is 2.21. The van der Waals surface area contributed by atoms with Crippen molar-refractivity contribution in [3.8, 4) is 22.3 Å². The molecule has 0 aliphatic heterocycles. The number of ether oxygens (including phenoxy) is 1. The Morgan fingerprint density at radius 1 is 0.679 bits per heavy atom. The molecule has 0 unspecified atom stereocenters. The van der Waals surface area contributed by atoms with Crippen LogP contribution in [-0.2, 0) is 4.74 Å². The van der Waals surface area contributed by atoms with Crippen LogP contribution in [0.25, 0.3) is 33.0 Å². The fourth-order valence-corrected chi connectivity index (χ4v) is 4.19. The van der Waals surface area contributed by atoms with Crippen molar-refractivity contribution in [2.45, 2.75) is 13.8 Å². The number of benzene rings is 4. The minimum Gasteiger partial charge on any atom is -0.465 e. The molecule has 0 aliphatic carbocycles. The normalized spacial score (nSPS) is 10.8. The van der Waals surface area contributed by atoms with Crippen LogP contribution in [0.1, 0.15) is 21.5 Å². The number of esters is 1. The van der Waals surface area contributed by atoms with E-state index in [-0.39, 0.29) is 5.97 Å². The van der Waals surface area contributed by atoms with Crippen LogP contribution in [0.15, 0.2) is 78.9 Å². The maximum absolute atomic E-state index is 12.5. The van der Waals surface area contributed by atoms with Crippen molar-refractivity contribution >= 4 is 16.7 Å². The molecule has 0 saturated carbocycles. The number of fused-ring (bicyclic) bond motifs is 1. The van der Waals surface area contributed by atoms with Gasteiger partial charge in [-0.25, -0.2) is 4.79 Å². The first kappa shape index (κ1) is 18.0. The Morgan fingerprint density at radius 3 is 1.82 bits per heavy atom. The van der Waals surface area contributed by atoms with Crippen LogP contribution in [0.3, 0.4) is 0 Å². The summed E-state index contributed by atoms with van der Waals surface area (Å²) in [6.45, 7) is 4.26. The molecule has 0 heterocycles. The van der Waals surface area contributed by atoms with Crippen LogP contribution in [0.2, 0.25) is 0 Å². The summed E-state index contributed by atoms with van der Waals surface area (Å²) in [6, 6.07) is 26.6. The Labute approximate surface area is 165 Å². The second-order valence-corrected chi connectivity index (χ2v) is 6.95. The van der Waals surface area contributed by atoms with Gasteiger partial charge in [0.15, 0.2) is 0 Å². The van der Waals surface area contributed by atoms with E-state index in [9.17, 15) is 4.79 Å². The lowest BCUT2D eigenvalue weighted by Crippen LogP contribution is -2.05. The van der Waals surface area contributed by atoms with Crippen LogP contribution in [-0.4, -0.2) is 13.1 Å².